The van der Waals surface area contributed by atoms with E-state index in [0.29, 0.717) is 13.2 Å². The van der Waals surface area contributed by atoms with Gasteiger partial charge in [0.25, 0.3) is 0 Å². The zero-order valence-electron chi connectivity index (χ0n) is 11.2. The van der Waals surface area contributed by atoms with Gasteiger partial charge in [-0.15, -0.1) is 0 Å². The molecule has 2 aromatic carbocycles. The number of hydrogen-bond donors (Lipinski definition) is 2. The summed E-state index contributed by atoms with van der Waals surface area (Å²) in [4.78, 5) is 0. The minimum absolute atomic E-state index is 0.533. The molecule has 3 nitrogen and oxygen atoms in total. The number of benzene rings is 2. The molecule has 0 bridgehead atoms. The number of nitrogens with two attached hydrogens (primary N) is 1. The van der Waals surface area contributed by atoms with Crippen molar-refractivity contribution in [1.29, 1.82) is 0 Å². The maximum absolute atomic E-state index is 5.52. The molecule has 0 atom stereocenters. The normalized spacial score (nSPS) is 10.2. The van der Waals surface area contributed by atoms with Gasteiger partial charge in [0.15, 0.2) is 0 Å². The second-order valence-electron chi connectivity index (χ2n) is 4.45. The van der Waals surface area contributed by atoms with Crippen molar-refractivity contribution in [2.75, 3.05) is 18.5 Å². The number of para-hydroxylation sites is 1. The van der Waals surface area contributed by atoms with Crippen LogP contribution < -0.4 is 15.8 Å². The first-order valence-electron chi connectivity index (χ1n) is 6.51. The van der Waals surface area contributed by atoms with Crippen molar-refractivity contribution in [1.82, 2.24) is 0 Å². The lowest BCUT2D eigenvalue weighted by Gasteiger charge is -2.10. The smallest absolute Gasteiger partial charge is 0.119 e. The van der Waals surface area contributed by atoms with Crippen LogP contribution in [0.3, 0.4) is 0 Å². The van der Waals surface area contributed by atoms with Crippen molar-refractivity contribution in [2.45, 2.75) is 13.5 Å². The number of rotatable bonds is 6. The zero-order chi connectivity index (χ0) is 13.5. The first-order chi connectivity index (χ1) is 9.29. The maximum atomic E-state index is 5.52. The van der Waals surface area contributed by atoms with Crippen LogP contribution >= 0.6 is 0 Å². The van der Waals surface area contributed by atoms with Crippen LogP contribution in [0, 0.1) is 6.92 Å². The van der Waals surface area contributed by atoms with Crippen molar-refractivity contribution >= 4 is 5.69 Å². The molecule has 3 N–H and O–H groups in total. The van der Waals surface area contributed by atoms with Crippen LogP contribution in [0.15, 0.2) is 48.5 Å². The van der Waals surface area contributed by atoms with Crippen LogP contribution in [0.1, 0.15) is 11.1 Å². The molecule has 0 fully saturated rings. The van der Waals surface area contributed by atoms with Gasteiger partial charge in [-0.3, -0.25) is 0 Å². The highest BCUT2D eigenvalue weighted by molar-refractivity contribution is 5.50. The van der Waals surface area contributed by atoms with Gasteiger partial charge in [-0.1, -0.05) is 30.3 Å². The molecule has 0 radical (unpaired) electrons. The van der Waals surface area contributed by atoms with Gasteiger partial charge in [-0.25, -0.2) is 0 Å². The quantitative estimate of drug-likeness (QED) is 0.835. The van der Waals surface area contributed by atoms with Crippen LogP contribution in [-0.2, 0) is 6.54 Å². The van der Waals surface area contributed by atoms with Crippen LogP contribution in [0.4, 0.5) is 5.69 Å². The molecule has 0 heterocycles. The Kier molecular flexibility index (Phi) is 4.81. The highest BCUT2D eigenvalue weighted by atomic mass is 16.5. The maximum Gasteiger partial charge on any atom is 0.119 e. The van der Waals surface area contributed by atoms with Gasteiger partial charge in [-0.05, 0) is 36.2 Å². The van der Waals surface area contributed by atoms with Crippen molar-refractivity contribution in [3.05, 3.63) is 59.7 Å². The molecular weight excluding hydrogens is 236 g/mol. The monoisotopic (exact) mass is 256 g/mol. The highest BCUT2D eigenvalue weighted by Crippen LogP contribution is 2.17. The fourth-order valence-corrected chi connectivity index (χ4v) is 1.89. The van der Waals surface area contributed by atoms with Gasteiger partial charge in [0, 0.05) is 18.8 Å². The van der Waals surface area contributed by atoms with Gasteiger partial charge in [-0.2, -0.15) is 0 Å². The van der Waals surface area contributed by atoms with E-state index in [0.717, 1.165) is 18.0 Å². The lowest BCUT2D eigenvalue weighted by atomic mass is 10.1. The molecule has 2 aromatic rings. The summed E-state index contributed by atoms with van der Waals surface area (Å²) >= 11 is 0. The third-order valence-corrected chi connectivity index (χ3v) is 2.91. The molecule has 100 valence electrons. The first kappa shape index (κ1) is 13.4. The van der Waals surface area contributed by atoms with Crippen molar-refractivity contribution < 1.29 is 4.74 Å². The topological polar surface area (TPSA) is 47.3 Å². The predicted octanol–water partition coefficient (Wildman–Crippen LogP) is 2.94. The molecule has 2 rings (SSSR count). The summed E-state index contributed by atoms with van der Waals surface area (Å²) in [5, 5.41) is 3.43. The number of nitrogens with one attached hydrogen (secondary N) is 1. The molecule has 0 saturated carbocycles. The average molecular weight is 256 g/mol. The Morgan fingerprint density at radius 2 is 1.95 bits per heavy atom. The van der Waals surface area contributed by atoms with E-state index in [1.54, 1.807) is 0 Å². The summed E-state index contributed by atoms with van der Waals surface area (Å²) in [6, 6.07) is 16.3. The number of anilines is 1. The van der Waals surface area contributed by atoms with E-state index in [1.807, 2.05) is 30.3 Å². The molecule has 0 saturated heterocycles. The van der Waals surface area contributed by atoms with Crippen molar-refractivity contribution in [2.24, 2.45) is 5.73 Å². The van der Waals surface area contributed by atoms with Crippen molar-refractivity contribution in [3.8, 4) is 5.75 Å². The lowest BCUT2D eigenvalue weighted by Crippen LogP contribution is -2.10. The molecule has 0 aliphatic carbocycles. The molecule has 19 heavy (non-hydrogen) atoms. The molecule has 0 spiro atoms. The van der Waals surface area contributed by atoms with E-state index >= 15 is 0 Å². The summed E-state index contributed by atoms with van der Waals surface area (Å²) in [5.74, 6) is 0.870. The summed E-state index contributed by atoms with van der Waals surface area (Å²) in [6.07, 6.45) is 0. The average Bonchev–Trinajstić information content (AvgIpc) is 2.45. The van der Waals surface area contributed by atoms with Gasteiger partial charge < -0.3 is 15.8 Å². The molecule has 0 amide bonds. The minimum atomic E-state index is 0.533. The Balaban J connectivity index is 1.98. The summed E-state index contributed by atoms with van der Waals surface area (Å²) < 4.78 is 5.52. The number of hydrogen-bond acceptors (Lipinski definition) is 3. The molecule has 3 heteroatoms. The largest absolute Gasteiger partial charge is 0.492 e. The van der Waals surface area contributed by atoms with Crippen LogP contribution in [0.25, 0.3) is 0 Å². The molecule has 0 aliphatic rings. The van der Waals surface area contributed by atoms with Gasteiger partial charge in [0.2, 0.25) is 0 Å². The fourth-order valence-electron chi connectivity index (χ4n) is 1.89. The molecule has 0 unspecified atom stereocenters. The second kappa shape index (κ2) is 6.81. The number of aryl methyl sites for hydroxylation is 1. The summed E-state index contributed by atoms with van der Waals surface area (Å²) in [7, 11) is 0. The van der Waals surface area contributed by atoms with E-state index in [1.165, 1.54) is 11.1 Å². The number of ether oxygens (including phenoxy) is 1. The van der Waals surface area contributed by atoms with E-state index in [2.05, 4.69) is 30.4 Å². The van der Waals surface area contributed by atoms with Gasteiger partial charge in [0.1, 0.15) is 12.4 Å². The third-order valence-electron chi connectivity index (χ3n) is 2.91. The highest BCUT2D eigenvalue weighted by Gasteiger charge is 1.99. The molecular formula is C16H20N2O. The van der Waals surface area contributed by atoms with Crippen LogP contribution in [0.5, 0.6) is 5.75 Å². The Bertz CT molecular complexity index is 526. The second-order valence-corrected chi connectivity index (χ2v) is 4.45. The molecule has 0 aromatic heterocycles. The van der Waals surface area contributed by atoms with E-state index in [4.69, 9.17) is 10.5 Å². The van der Waals surface area contributed by atoms with Gasteiger partial charge >= 0.3 is 0 Å². The van der Waals surface area contributed by atoms with E-state index in [9.17, 15) is 0 Å². The Morgan fingerprint density at radius 1 is 1.11 bits per heavy atom. The Morgan fingerprint density at radius 3 is 2.74 bits per heavy atom. The van der Waals surface area contributed by atoms with E-state index < -0.39 is 0 Å². The van der Waals surface area contributed by atoms with Crippen molar-refractivity contribution in [3.63, 3.8) is 0 Å². The Hall–Kier alpha value is -2.00. The Labute approximate surface area is 114 Å². The fraction of sp³-hybridized carbons (Fsp3) is 0.250. The van der Waals surface area contributed by atoms with Gasteiger partial charge in [0.05, 0.1) is 0 Å². The SMILES string of the molecule is Cc1ccccc1NCc1cccc(OCCN)c1. The summed E-state index contributed by atoms with van der Waals surface area (Å²) in [5.41, 5.74) is 9.03. The standard InChI is InChI=1S/C16H20N2O/c1-13-5-2-3-8-16(13)18-12-14-6-4-7-15(11-14)19-10-9-17/h2-8,11,18H,9-10,12,17H2,1H3. The first-order valence-corrected chi connectivity index (χ1v) is 6.51. The predicted molar refractivity (Wildman–Crippen MR) is 79.5 cm³/mol. The van der Waals surface area contributed by atoms with Crippen LogP contribution in [-0.4, -0.2) is 13.2 Å². The molecule has 0 aliphatic heterocycles. The minimum Gasteiger partial charge on any atom is -0.492 e. The lowest BCUT2D eigenvalue weighted by molar-refractivity contribution is 0.328. The zero-order valence-corrected chi connectivity index (χ0v) is 11.2. The van der Waals surface area contributed by atoms with Crippen LogP contribution in [0.2, 0.25) is 0 Å². The summed E-state index contributed by atoms with van der Waals surface area (Å²) in [6.45, 7) is 3.97. The third kappa shape index (κ3) is 4.00. The van der Waals surface area contributed by atoms with E-state index in [-0.39, 0.29) is 0 Å².